The van der Waals surface area contributed by atoms with Crippen LogP contribution in [0.15, 0.2) is 24.3 Å². The molecule has 0 bridgehead atoms. The van der Waals surface area contributed by atoms with Gasteiger partial charge in [0, 0.05) is 32.2 Å². The normalized spacial score (nSPS) is 23.7. The van der Waals surface area contributed by atoms with Gasteiger partial charge in [0.1, 0.15) is 5.75 Å². The summed E-state index contributed by atoms with van der Waals surface area (Å²) in [5.41, 5.74) is 1.27. The quantitative estimate of drug-likeness (QED) is 0.917. The van der Waals surface area contributed by atoms with Crippen LogP contribution in [-0.2, 0) is 4.79 Å². The van der Waals surface area contributed by atoms with Crippen molar-refractivity contribution in [1.29, 1.82) is 0 Å². The van der Waals surface area contributed by atoms with Gasteiger partial charge in [-0.15, -0.1) is 0 Å². The summed E-state index contributed by atoms with van der Waals surface area (Å²) < 4.78 is 5.32. The monoisotopic (exact) mass is 317 g/mol. The van der Waals surface area contributed by atoms with E-state index < -0.39 is 0 Å². The van der Waals surface area contributed by atoms with E-state index in [0.29, 0.717) is 6.04 Å². The van der Waals surface area contributed by atoms with Crippen LogP contribution in [0.2, 0.25) is 0 Å². The highest BCUT2D eigenvalue weighted by molar-refractivity contribution is 5.82. The SMILES string of the molecule is COc1cccc(C(C)N2CCN(C(=O)[C@@H]3CCCN3)CC2)c1. The standard InChI is InChI=1S/C18H27N3O2/c1-14(15-5-3-6-16(13-15)23-2)20-9-11-21(12-10-20)18(22)17-7-4-8-19-17/h3,5-6,13-14,17,19H,4,7-12H2,1-2H3/t14?,17-/m0/s1. The summed E-state index contributed by atoms with van der Waals surface area (Å²) in [5.74, 6) is 1.19. The number of carbonyl (C=O) groups is 1. The fourth-order valence-corrected chi connectivity index (χ4v) is 3.56. The predicted molar refractivity (Wildman–Crippen MR) is 90.6 cm³/mol. The summed E-state index contributed by atoms with van der Waals surface area (Å²) in [5, 5.41) is 3.31. The molecule has 2 fully saturated rings. The maximum atomic E-state index is 12.5. The molecule has 5 nitrogen and oxygen atoms in total. The molecule has 1 aromatic rings. The largest absolute Gasteiger partial charge is 0.497 e. The van der Waals surface area contributed by atoms with Gasteiger partial charge in [0.2, 0.25) is 5.91 Å². The Morgan fingerprint density at radius 2 is 2.09 bits per heavy atom. The predicted octanol–water partition coefficient (Wildman–Crippen LogP) is 1.65. The number of benzene rings is 1. The molecule has 3 rings (SSSR count). The van der Waals surface area contributed by atoms with Crippen molar-refractivity contribution in [3.05, 3.63) is 29.8 Å². The van der Waals surface area contributed by atoms with E-state index in [4.69, 9.17) is 4.74 Å². The summed E-state index contributed by atoms with van der Waals surface area (Å²) in [6.45, 7) is 6.71. The molecule has 1 amide bonds. The van der Waals surface area contributed by atoms with Crippen LogP contribution in [0.4, 0.5) is 0 Å². The van der Waals surface area contributed by atoms with Crippen molar-refractivity contribution >= 4 is 5.91 Å². The van der Waals surface area contributed by atoms with Crippen LogP contribution in [0.3, 0.4) is 0 Å². The van der Waals surface area contributed by atoms with Crippen molar-refractivity contribution in [3.8, 4) is 5.75 Å². The molecule has 0 radical (unpaired) electrons. The lowest BCUT2D eigenvalue weighted by Crippen LogP contribution is -2.53. The molecule has 2 aliphatic rings. The van der Waals surface area contributed by atoms with Crippen molar-refractivity contribution in [2.45, 2.75) is 31.8 Å². The summed E-state index contributed by atoms with van der Waals surface area (Å²) in [6, 6.07) is 8.65. The third-order valence-electron chi connectivity index (χ3n) is 5.11. The van der Waals surface area contributed by atoms with Crippen LogP contribution in [0.25, 0.3) is 0 Å². The van der Waals surface area contributed by atoms with Gasteiger partial charge in [0.15, 0.2) is 0 Å². The molecule has 0 spiro atoms. The molecule has 2 atom stereocenters. The van der Waals surface area contributed by atoms with Gasteiger partial charge in [-0.25, -0.2) is 0 Å². The third-order valence-corrected chi connectivity index (χ3v) is 5.11. The Kier molecular flexibility index (Phi) is 5.18. The second-order valence-electron chi connectivity index (χ2n) is 6.46. The Morgan fingerprint density at radius 1 is 1.30 bits per heavy atom. The Hall–Kier alpha value is -1.59. The minimum Gasteiger partial charge on any atom is -0.497 e. The highest BCUT2D eigenvalue weighted by Gasteiger charge is 2.30. The fraction of sp³-hybridized carbons (Fsp3) is 0.611. The second kappa shape index (κ2) is 7.32. The first-order chi connectivity index (χ1) is 11.2. The zero-order chi connectivity index (χ0) is 16.2. The van der Waals surface area contributed by atoms with E-state index in [0.717, 1.165) is 51.3 Å². The summed E-state index contributed by atoms with van der Waals surface area (Å²) in [6.07, 6.45) is 2.10. The smallest absolute Gasteiger partial charge is 0.239 e. The van der Waals surface area contributed by atoms with E-state index in [-0.39, 0.29) is 11.9 Å². The van der Waals surface area contributed by atoms with Gasteiger partial charge in [-0.1, -0.05) is 12.1 Å². The van der Waals surface area contributed by atoms with E-state index >= 15 is 0 Å². The van der Waals surface area contributed by atoms with Gasteiger partial charge < -0.3 is 15.0 Å². The van der Waals surface area contributed by atoms with Crippen LogP contribution >= 0.6 is 0 Å². The lowest BCUT2D eigenvalue weighted by molar-refractivity contribution is -0.135. The molecule has 1 N–H and O–H groups in total. The molecule has 1 unspecified atom stereocenters. The lowest BCUT2D eigenvalue weighted by Gasteiger charge is -2.39. The molecule has 126 valence electrons. The Morgan fingerprint density at radius 3 is 2.74 bits per heavy atom. The highest BCUT2D eigenvalue weighted by atomic mass is 16.5. The fourth-order valence-electron chi connectivity index (χ4n) is 3.56. The van der Waals surface area contributed by atoms with E-state index in [9.17, 15) is 4.79 Å². The number of nitrogens with zero attached hydrogens (tertiary/aromatic N) is 2. The summed E-state index contributed by atoms with van der Waals surface area (Å²) >= 11 is 0. The average molecular weight is 317 g/mol. The van der Waals surface area contributed by atoms with Gasteiger partial charge >= 0.3 is 0 Å². The summed E-state index contributed by atoms with van der Waals surface area (Å²) in [7, 11) is 1.70. The van der Waals surface area contributed by atoms with Crippen LogP contribution in [0.1, 0.15) is 31.4 Å². The van der Waals surface area contributed by atoms with Gasteiger partial charge in [0.25, 0.3) is 0 Å². The van der Waals surface area contributed by atoms with Crippen molar-refractivity contribution in [2.75, 3.05) is 39.8 Å². The number of rotatable bonds is 4. The molecular weight excluding hydrogens is 290 g/mol. The van der Waals surface area contributed by atoms with Crippen molar-refractivity contribution < 1.29 is 9.53 Å². The molecule has 0 saturated carbocycles. The molecule has 1 aromatic carbocycles. The van der Waals surface area contributed by atoms with Gasteiger partial charge in [0.05, 0.1) is 13.2 Å². The van der Waals surface area contributed by atoms with Gasteiger partial charge in [-0.05, 0) is 44.0 Å². The van der Waals surface area contributed by atoms with Crippen LogP contribution in [-0.4, -0.2) is 61.6 Å². The second-order valence-corrected chi connectivity index (χ2v) is 6.46. The number of hydrogen-bond donors (Lipinski definition) is 1. The van der Waals surface area contributed by atoms with E-state index in [1.54, 1.807) is 7.11 Å². The zero-order valence-corrected chi connectivity index (χ0v) is 14.1. The minimum atomic E-state index is 0.0531. The highest BCUT2D eigenvalue weighted by Crippen LogP contribution is 2.25. The number of piperazine rings is 1. The number of amides is 1. The maximum Gasteiger partial charge on any atom is 0.239 e. The van der Waals surface area contributed by atoms with Crippen LogP contribution in [0, 0.1) is 0 Å². The molecule has 0 aromatic heterocycles. The maximum absolute atomic E-state index is 12.5. The molecule has 2 aliphatic heterocycles. The van der Waals surface area contributed by atoms with E-state index in [2.05, 4.69) is 29.3 Å². The van der Waals surface area contributed by atoms with Crippen molar-refractivity contribution in [3.63, 3.8) is 0 Å². The number of ether oxygens (including phenoxy) is 1. The molecular formula is C18H27N3O2. The first-order valence-corrected chi connectivity index (χ1v) is 8.59. The first-order valence-electron chi connectivity index (χ1n) is 8.59. The molecule has 2 saturated heterocycles. The molecule has 23 heavy (non-hydrogen) atoms. The van der Waals surface area contributed by atoms with Crippen LogP contribution < -0.4 is 10.1 Å². The van der Waals surface area contributed by atoms with Crippen molar-refractivity contribution in [1.82, 2.24) is 15.1 Å². The molecule has 0 aliphatic carbocycles. The van der Waals surface area contributed by atoms with Crippen LogP contribution in [0.5, 0.6) is 5.75 Å². The van der Waals surface area contributed by atoms with E-state index in [1.807, 2.05) is 17.0 Å². The Bertz CT molecular complexity index is 535. The number of methoxy groups -OCH3 is 1. The first kappa shape index (κ1) is 16.3. The lowest BCUT2D eigenvalue weighted by atomic mass is 10.1. The average Bonchev–Trinajstić information content (AvgIpc) is 3.15. The Balaban J connectivity index is 1.56. The van der Waals surface area contributed by atoms with E-state index in [1.165, 1.54) is 5.56 Å². The number of nitrogens with one attached hydrogen (secondary N) is 1. The van der Waals surface area contributed by atoms with Gasteiger partial charge in [-0.2, -0.15) is 0 Å². The zero-order valence-electron chi connectivity index (χ0n) is 14.1. The Labute approximate surface area is 138 Å². The minimum absolute atomic E-state index is 0.0531. The van der Waals surface area contributed by atoms with Gasteiger partial charge in [-0.3, -0.25) is 9.69 Å². The molecule has 2 heterocycles. The topological polar surface area (TPSA) is 44.8 Å². The molecule has 5 heteroatoms. The summed E-state index contributed by atoms with van der Waals surface area (Å²) in [4.78, 5) is 16.9. The van der Waals surface area contributed by atoms with Crippen molar-refractivity contribution in [2.24, 2.45) is 0 Å². The number of carbonyl (C=O) groups excluding carboxylic acids is 1. The number of hydrogen-bond acceptors (Lipinski definition) is 4. The third kappa shape index (κ3) is 3.67.